The van der Waals surface area contributed by atoms with Crippen molar-refractivity contribution in [1.82, 2.24) is 0 Å². The smallest absolute Gasteiger partial charge is 0.264 e. The summed E-state index contributed by atoms with van der Waals surface area (Å²) in [6.45, 7) is 0. The fraction of sp³-hybridized carbons (Fsp3) is 0.167. The van der Waals surface area contributed by atoms with Gasteiger partial charge in [-0.15, -0.1) is 0 Å². The van der Waals surface area contributed by atoms with Crippen LogP contribution in [-0.4, -0.2) is 24.2 Å². The maximum atomic E-state index is 10.4. The SMILES string of the molecule is O=[N+]([O-])C1C=CC=CC1=S(=O)=O. The van der Waals surface area contributed by atoms with Crippen molar-refractivity contribution in [1.29, 1.82) is 0 Å². The predicted octanol–water partition coefficient (Wildman–Crippen LogP) is -0.191. The summed E-state index contributed by atoms with van der Waals surface area (Å²) in [6, 6.07) is -1.23. The standard InChI is InChI=1S/C6H5NO4S/c8-7(9)5-3-1-2-4-6(5)12(10)11/h1-5H. The Balaban J connectivity index is 3.19. The van der Waals surface area contributed by atoms with E-state index in [0.717, 1.165) is 0 Å². The van der Waals surface area contributed by atoms with E-state index in [2.05, 4.69) is 0 Å². The van der Waals surface area contributed by atoms with Crippen molar-refractivity contribution >= 4 is 15.2 Å². The Kier molecular flexibility index (Phi) is 2.39. The molecule has 0 saturated heterocycles. The first-order valence-electron chi connectivity index (χ1n) is 3.07. The normalized spacial score (nSPS) is 21.0. The molecular formula is C6H5NO4S. The van der Waals surface area contributed by atoms with E-state index in [9.17, 15) is 18.5 Å². The van der Waals surface area contributed by atoms with Gasteiger partial charge in [0.1, 0.15) is 4.86 Å². The van der Waals surface area contributed by atoms with Crippen LogP contribution in [0.25, 0.3) is 0 Å². The molecule has 64 valence electrons. The number of nitro groups is 1. The van der Waals surface area contributed by atoms with E-state index < -0.39 is 21.3 Å². The molecule has 1 atom stereocenters. The lowest BCUT2D eigenvalue weighted by Gasteiger charge is -2.03. The summed E-state index contributed by atoms with van der Waals surface area (Å²) < 4.78 is 20.9. The Morgan fingerprint density at radius 1 is 1.42 bits per heavy atom. The second kappa shape index (κ2) is 3.31. The highest BCUT2D eigenvalue weighted by Gasteiger charge is 2.24. The lowest BCUT2D eigenvalue weighted by atomic mass is 10.1. The first-order valence-corrected chi connectivity index (χ1v) is 4.15. The molecule has 0 N–H and O–H groups in total. The lowest BCUT2D eigenvalue weighted by Crippen LogP contribution is -2.27. The molecule has 6 heteroatoms. The van der Waals surface area contributed by atoms with Gasteiger partial charge in [0.15, 0.2) is 0 Å². The van der Waals surface area contributed by atoms with Gasteiger partial charge in [0, 0.05) is 4.92 Å². The number of rotatable bonds is 1. The number of hydrogen-bond acceptors (Lipinski definition) is 4. The van der Waals surface area contributed by atoms with E-state index in [-0.39, 0.29) is 4.86 Å². The van der Waals surface area contributed by atoms with Gasteiger partial charge in [-0.25, -0.2) is 0 Å². The topological polar surface area (TPSA) is 77.3 Å². The van der Waals surface area contributed by atoms with E-state index in [1.165, 1.54) is 24.3 Å². The summed E-state index contributed by atoms with van der Waals surface area (Å²) in [5, 5.41) is 10.3. The lowest BCUT2D eigenvalue weighted by molar-refractivity contribution is -0.489. The molecule has 0 aromatic heterocycles. The highest BCUT2D eigenvalue weighted by atomic mass is 32.2. The molecule has 0 amide bonds. The largest absolute Gasteiger partial charge is 0.270 e. The first kappa shape index (κ1) is 8.66. The van der Waals surface area contributed by atoms with Gasteiger partial charge in [0.05, 0.1) is 0 Å². The molecule has 1 unspecified atom stereocenters. The molecule has 0 aromatic carbocycles. The second-order valence-corrected chi connectivity index (χ2v) is 3.05. The predicted molar refractivity (Wildman–Crippen MR) is 43.0 cm³/mol. The molecule has 1 aliphatic rings. The van der Waals surface area contributed by atoms with Crippen molar-refractivity contribution in [2.45, 2.75) is 6.04 Å². The molecule has 0 spiro atoms. The minimum Gasteiger partial charge on any atom is -0.264 e. The number of hydrogen-bond donors (Lipinski definition) is 0. The summed E-state index contributed by atoms with van der Waals surface area (Å²) in [5.74, 6) is 0. The van der Waals surface area contributed by atoms with E-state index in [0.29, 0.717) is 0 Å². The maximum absolute atomic E-state index is 10.4. The summed E-state index contributed by atoms with van der Waals surface area (Å²) in [6.07, 6.45) is 5.34. The Morgan fingerprint density at radius 2 is 2.08 bits per heavy atom. The molecule has 5 nitrogen and oxygen atoms in total. The van der Waals surface area contributed by atoms with Crippen LogP contribution in [-0.2, 0) is 10.3 Å². The third-order valence-electron chi connectivity index (χ3n) is 1.38. The molecule has 12 heavy (non-hydrogen) atoms. The zero-order chi connectivity index (χ0) is 9.14. The van der Waals surface area contributed by atoms with E-state index in [1.54, 1.807) is 0 Å². The first-order chi connectivity index (χ1) is 5.63. The molecule has 0 aliphatic heterocycles. The van der Waals surface area contributed by atoms with Crippen LogP contribution in [0.4, 0.5) is 0 Å². The average Bonchev–Trinajstić information content (AvgIpc) is 2.04. The summed E-state index contributed by atoms with van der Waals surface area (Å²) in [4.78, 5) is 9.44. The highest BCUT2D eigenvalue weighted by molar-refractivity contribution is 7.73. The Labute approximate surface area is 69.7 Å². The van der Waals surface area contributed by atoms with Crippen molar-refractivity contribution in [2.75, 3.05) is 0 Å². The van der Waals surface area contributed by atoms with Crippen LogP contribution >= 0.6 is 0 Å². The average molecular weight is 187 g/mol. The molecule has 0 radical (unpaired) electrons. The van der Waals surface area contributed by atoms with Gasteiger partial charge in [0.2, 0.25) is 10.3 Å². The molecule has 0 aromatic rings. The maximum Gasteiger partial charge on any atom is 0.270 e. The van der Waals surface area contributed by atoms with Crippen molar-refractivity contribution in [2.24, 2.45) is 0 Å². The number of allylic oxidation sites excluding steroid dienone is 2. The fourth-order valence-corrected chi connectivity index (χ4v) is 1.39. The van der Waals surface area contributed by atoms with Gasteiger partial charge < -0.3 is 0 Å². The quantitative estimate of drug-likeness (QED) is 0.324. The van der Waals surface area contributed by atoms with Gasteiger partial charge in [-0.2, -0.15) is 8.42 Å². The van der Waals surface area contributed by atoms with Crippen LogP contribution in [0.3, 0.4) is 0 Å². The molecule has 0 fully saturated rings. The minimum atomic E-state index is -2.52. The summed E-state index contributed by atoms with van der Waals surface area (Å²) in [7, 11) is -2.52. The van der Waals surface area contributed by atoms with Crippen LogP contribution in [0.5, 0.6) is 0 Å². The Morgan fingerprint density at radius 3 is 2.50 bits per heavy atom. The van der Waals surface area contributed by atoms with Gasteiger partial charge >= 0.3 is 0 Å². The molecular weight excluding hydrogens is 182 g/mol. The van der Waals surface area contributed by atoms with Gasteiger partial charge in [-0.3, -0.25) is 10.1 Å². The summed E-state index contributed by atoms with van der Waals surface area (Å²) in [5.41, 5.74) is 0. The zero-order valence-electron chi connectivity index (χ0n) is 5.88. The van der Waals surface area contributed by atoms with E-state index >= 15 is 0 Å². The second-order valence-electron chi connectivity index (χ2n) is 2.11. The molecule has 0 saturated carbocycles. The Hall–Kier alpha value is -1.43. The van der Waals surface area contributed by atoms with E-state index in [1.807, 2.05) is 0 Å². The monoisotopic (exact) mass is 187 g/mol. The number of nitrogens with zero attached hydrogens (tertiary/aromatic N) is 1. The minimum absolute atomic E-state index is 0.206. The van der Waals surface area contributed by atoms with Crippen LogP contribution < -0.4 is 0 Å². The molecule has 1 rings (SSSR count). The molecule has 0 heterocycles. The van der Waals surface area contributed by atoms with Crippen LogP contribution in [0, 0.1) is 10.1 Å². The van der Waals surface area contributed by atoms with E-state index in [4.69, 9.17) is 0 Å². The van der Waals surface area contributed by atoms with Crippen molar-refractivity contribution in [3.8, 4) is 0 Å². The Bertz CT molecular complexity index is 382. The van der Waals surface area contributed by atoms with Gasteiger partial charge in [-0.1, -0.05) is 12.2 Å². The van der Waals surface area contributed by atoms with Crippen LogP contribution in [0.15, 0.2) is 24.3 Å². The van der Waals surface area contributed by atoms with Gasteiger partial charge in [0.25, 0.3) is 6.04 Å². The van der Waals surface area contributed by atoms with Crippen molar-refractivity contribution < 1.29 is 13.3 Å². The van der Waals surface area contributed by atoms with Crippen molar-refractivity contribution in [3.05, 3.63) is 34.4 Å². The van der Waals surface area contributed by atoms with Crippen LogP contribution in [0.2, 0.25) is 0 Å². The summed E-state index contributed by atoms with van der Waals surface area (Å²) >= 11 is 0. The third kappa shape index (κ3) is 1.59. The molecule has 1 aliphatic carbocycles. The van der Waals surface area contributed by atoms with Gasteiger partial charge in [-0.05, 0) is 12.2 Å². The fourth-order valence-electron chi connectivity index (χ4n) is 0.842. The molecule has 0 bridgehead atoms. The highest BCUT2D eigenvalue weighted by Crippen LogP contribution is 2.03. The van der Waals surface area contributed by atoms with Crippen LogP contribution in [0.1, 0.15) is 0 Å². The zero-order valence-corrected chi connectivity index (χ0v) is 6.69. The third-order valence-corrected chi connectivity index (χ3v) is 2.14. The van der Waals surface area contributed by atoms with Crippen molar-refractivity contribution in [3.63, 3.8) is 0 Å².